The van der Waals surface area contributed by atoms with Crippen LogP contribution in [0, 0.1) is 24.0 Å². The minimum absolute atomic E-state index is 0.00983. The lowest BCUT2D eigenvalue weighted by Crippen LogP contribution is -2.53. The summed E-state index contributed by atoms with van der Waals surface area (Å²) in [5, 5.41) is 13.7. The molecule has 1 aromatic carbocycles. The second kappa shape index (κ2) is 8.23. The van der Waals surface area contributed by atoms with Crippen LogP contribution in [-0.4, -0.2) is 31.3 Å². The molecule has 1 saturated heterocycles. The number of aryl methyl sites for hydroxylation is 1. The Balaban J connectivity index is 1.71. The number of nitrogens with one attached hydrogen (secondary N) is 1. The first-order valence-corrected chi connectivity index (χ1v) is 10.0. The molecule has 32 heavy (non-hydrogen) atoms. The molecule has 162 valence electrons. The molecule has 3 aromatic rings. The Morgan fingerprint density at radius 1 is 1.19 bits per heavy atom. The van der Waals surface area contributed by atoms with Crippen LogP contribution in [-0.2, 0) is 16.1 Å². The Morgan fingerprint density at radius 3 is 2.66 bits per heavy atom. The van der Waals surface area contributed by atoms with Crippen molar-refractivity contribution in [3.05, 3.63) is 87.1 Å². The van der Waals surface area contributed by atoms with E-state index < -0.39 is 16.7 Å². The number of amides is 2. The van der Waals surface area contributed by atoms with Gasteiger partial charge < -0.3 is 8.98 Å². The lowest BCUT2D eigenvalue weighted by atomic mass is 10.1. The van der Waals surface area contributed by atoms with Crippen LogP contribution in [0.5, 0.6) is 0 Å². The van der Waals surface area contributed by atoms with Gasteiger partial charge in [-0.05, 0) is 62.0 Å². The quantitative estimate of drug-likeness (QED) is 0.210. The zero-order valence-corrected chi connectivity index (χ0v) is 18.0. The summed E-state index contributed by atoms with van der Waals surface area (Å²) in [5.41, 5.74) is 2.67. The number of non-ortho nitro benzene ring substituents is 1. The number of hydrogen-bond acceptors (Lipinski definition) is 6. The number of carbonyl (C=O) groups is 2. The summed E-state index contributed by atoms with van der Waals surface area (Å²) in [6.45, 7) is 3.75. The predicted molar refractivity (Wildman–Crippen MR) is 120 cm³/mol. The molecule has 0 spiro atoms. The van der Waals surface area contributed by atoms with E-state index in [4.69, 9.17) is 16.6 Å². The standard InChI is InChI=1S/C22H18N4O5S/c1-13-9-15(14(2)25(13)16-5-3-6-17(11-16)26(29)30)10-19-20(27)23-22(32)24(21(19)28)12-18-7-4-8-31-18/h3-11H,12H2,1-2H3,(H,23,27,32). The number of hydrogen-bond donors (Lipinski definition) is 1. The van der Waals surface area contributed by atoms with Crippen LogP contribution in [0.15, 0.2) is 58.7 Å². The minimum Gasteiger partial charge on any atom is -0.467 e. The lowest BCUT2D eigenvalue weighted by molar-refractivity contribution is -0.384. The molecule has 0 aliphatic carbocycles. The first kappa shape index (κ1) is 21.2. The van der Waals surface area contributed by atoms with Crippen molar-refractivity contribution < 1.29 is 18.9 Å². The Labute approximate surface area is 188 Å². The van der Waals surface area contributed by atoms with Gasteiger partial charge in [0.25, 0.3) is 17.5 Å². The topological polar surface area (TPSA) is 111 Å². The maximum Gasteiger partial charge on any atom is 0.271 e. The number of nitro benzene ring substituents is 1. The third-order valence-corrected chi connectivity index (χ3v) is 5.47. The van der Waals surface area contributed by atoms with Crippen molar-refractivity contribution in [2.45, 2.75) is 20.4 Å². The number of aromatic nitrogens is 1. The molecule has 0 atom stereocenters. The Hall–Kier alpha value is -4.05. The van der Waals surface area contributed by atoms with Gasteiger partial charge in [-0.15, -0.1) is 0 Å². The number of nitro groups is 1. The average molecular weight is 450 g/mol. The summed E-state index contributed by atoms with van der Waals surface area (Å²) < 4.78 is 7.12. The number of rotatable bonds is 5. The third kappa shape index (κ3) is 3.83. The minimum atomic E-state index is -0.587. The Bertz CT molecular complexity index is 1290. The van der Waals surface area contributed by atoms with E-state index in [9.17, 15) is 19.7 Å². The highest BCUT2D eigenvalue weighted by molar-refractivity contribution is 7.80. The number of thiocarbonyl (C=S) groups is 1. The average Bonchev–Trinajstić information content (AvgIpc) is 3.36. The maximum absolute atomic E-state index is 13.1. The third-order valence-electron chi connectivity index (χ3n) is 5.15. The van der Waals surface area contributed by atoms with Gasteiger partial charge in [0.15, 0.2) is 5.11 Å². The Kier molecular flexibility index (Phi) is 5.45. The first-order chi connectivity index (χ1) is 15.3. The molecule has 9 nitrogen and oxygen atoms in total. The van der Waals surface area contributed by atoms with Crippen molar-refractivity contribution in [3.8, 4) is 5.69 Å². The SMILES string of the molecule is Cc1cc(C=C2C(=O)NC(=S)N(Cc3ccco3)C2=O)c(C)n1-c1cccc([N+](=O)[O-])c1. The monoisotopic (exact) mass is 450 g/mol. The van der Waals surface area contributed by atoms with E-state index >= 15 is 0 Å². The molecule has 0 bridgehead atoms. The second-order valence-corrected chi connectivity index (χ2v) is 7.61. The number of carbonyl (C=O) groups excluding carboxylic acids is 2. The molecule has 1 aliphatic heterocycles. The fraction of sp³-hybridized carbons (Fsp3) is 0.136. The largest absolute Gasteiger partial charge is 0.467 e. The summed E-state index contributed by atoms with van der Waals surface area (Å²) in [7, 11) is 0. The molecule has 1 fully saturated rings. The summed E-state index contributed by atoms with van der Waals surface area (Å²) in [5.74, 6) is -0.591. The van der Waals surface area contributed by atoms with Gasteiger partial charge in [-0.1, -0.05) is 6.07 Å². The van der Waals surface area contributed by atoms with Crippen molar-refractivity contribution in [2.75, 3.05) is 0 Å². The lowest BCUT2D eigenvalue weighted by Gasteiger charge is -2.28. The zero-order chi connectivity index (χ0) is 23.0. The summed E-state index contributed by atoms with van der Waals surface area (Å²) in [4.78, 5) is 37.6. The molecule has 4 rings (SSSR count). The molecular weight excluding hydrogens is 432 g/mol. The van der Waals surface area contributed by atoms with Crippen LogP contribution in [0.3, 0.4) is 0 Å². The van der Waals surface area contributed by atoms with Crippen LogP contribution in [0.4, 0.5) is 5.69 Å². The van der Waals surface area contributed by atoms with Crippen molar-refractivity contribution in [1.82, 2.24) is 14.8 Å². The van der Waals surface area contributed by atoms with Crippen molar-refractivity contribution in [1.29, 1.82) is 0 Å². The zero-order valence-electron chi connectivity index (χ0n) is 17.2. The molecule has 0 unspecified atom stereocenters. The van der Waals surface area contributed by atoms with E-state index in [-0.39, 0.29) is 22.9 Å². The van der Waals surface area contributed by atoms with Gasteiger partial charge in [-0.3, -0.25) is 29.9 Å². The normalized spacial score (nSPS) is 15.4. The number of nitrogens with zero attached hydrogens (tertiary/aromatic N) is 3. The van der Waals surface area contributed by atoms with Gasteiger partial charge in [0.2, 0.25) is 0 Å². The molecular formula is C22H18N4O5S. The van der Waals surface area contributed by atoms with E-state index in [1.807, 2.05) is 24.5 Å². The molecule has 2 amide bonds. The highest BCUT2D eigenvalue weighted by Crippen LogP contribution is 2.26. The van der Waals surface area contributed by atoms with Crippen molar-refractivity contribution in [3.63, 3.8) is 0 Å². The molecule has 0 radical (unpaired) electrons. The molecule has 3 heterocycles. The van der Waals surface area contributed by atoms with Crippen molar-refractivity contribution >= 4 is 40.9 Å². The van der Waals surface area contributed by atoms with Gasteiger partial charge in [0.1, 0.15) is 11.3 Å². The van der Waals surface area contributed by atoms with Crippen LogP contribution < -0.4 is 5.32 Å². The number of furan rings is 1. The molecule has 1 aliphatic rings. The molecule has 10 heteroatoms. The number of benzene rings is 1. The van der Waals surface area contributed by atoms with E-state index in [1.54, 1.807) is 24.3 Å². The predicted octanol–water partition coefficient (Wildman–Crippen LogP) is 3.42. The van der Waals surface area contributed by atoms with Gasteiger partial charge in [-0.2, -0.15) is 0 Å². The smallest absolute Gasteiger partial charge is 0.271 e. The first-order valence-electron chi connectivity index (χ1n) is 9.61. The fourth-order valence-electron chi connectivity index (χ4n) is 3.63. The van der Waals surface area contributed by atoms with E-state index in [0.29, 0.717) is 17.0 Å². The van der Waals surface area contributed by atoms with Gasteiger partial charge in [0.05, 0.1) is 23.4 Å². The summed E-state index contributed by atoms with van der Waals surface area (Å²) in [6, 6.07) is 11.5. The highest BCUT2D eigenvalue weighted by Gasteiger charge is 2.34. The van der Waals surface area contributed by atoms with Crippen molar-refractivity contribution in [2.24, 2.45) is 0 Å². The van der Waals surface area contributed by atoms with Gasteiger partial charge >= 0.3 is 0 Å². The van der Waals surface area contributed by atoms with Crippen LogP contribution >= 0.6 is 12.2 Å². The fourth-order valence-corrected chi connectivity index (χ4v) is 3.87. The Morgan fingerprint density at radius 2 is 1.97 bits per heavy atom. The van der Waals surface area contributed by atoms with Crippen LogP contribution in [0.2, 0.25) is 0 Å². The van der Waals surface area contributed by atoms with E-state index in [1.165, 1.54) is 29.4 Å². The van der Waals surface area contributed by atoms with E-state index in [2.05, 4.69) is 5.32 Å². The van der Waals surface area contributed by atoms with E-state index in [0.717, 1.165) is 11.4 Å². The summed E-state index contributed by atoms with van der Waals surface area (Å²) in [6.07, 6.45) is 3.00. The second-order valence-electron chi connectivity index (χ2n) is 7.23. The molecule has 1 N–H and O–H groups in total. The van der Waals surface area contributed by atoms with Crippen LogP contribution in [0.1, 0.15) is 22.7 Å². The van der Waals surface area contributed by atoms with Crippen LogP contribution in [0.25, 0.3) is 11.8 Å². The van der Waals surface area contributed by atoms with Gasteiger partial charge in [0, 0.05) is 23.5 Å². The van der Waals surface area contributed by atoms with Gasteiger partial charge in [-0.25, -0.2) is 0 Å². The summed E-state index contributed by atoms with van der Waals surface area (Å²) >= 11 is 5.16. The molecule has 2 aromatic heterocycles. The highest BCUT2D eigenvalue weighted by atomic mass is 32.1. The molecule has 0 saturated carbocycles. The maximum atomic E-state index is 13.1.